The van der Waals surface area contributed by atoms with Gasteiger partial charge in [-0.15, -0.1) is 0 Å². The molecule has 0 radical (unpaired) electrons. The number of hydrogen-bond acceptors (Lipinski definition) is 5. The van der Waals surface area contributed by atoms with Gasteiger partial charge < -0.3 is 22.5 Å². The predicted octanol–water partition coefficient (Wildman–Crippen LogP) is 2.40. The highest BCUT2D eigenvalue weighted by molar-refractivity contribution is 6.60. The van der Waals surface area contributed by atoms with Crippen LogP contribution < -0.4 is 0 Å². The van der Waals surface area contributed by atoms with E-state index < -0.39 is 8.80 Å². The number of hydrogen-bond donors (Lipinski definition) is 0. The van der Waals surface area contributed by atoms with Gasteiger partial charge in [-0.2, -0.15) is 0 Å². The summed E-state index contributed by atoms with van der Waals surface area (Å²) in [6, 6.07) is 0.772. The summed E-state index contributed by atoms with van der Waals surface area (Å²) >= 11 is 0. The summed E-state index contributed by atoms with van der Waals surface area (Å²) in [6.45, 7) is 10.8. The van der Waals surface area contributed by atoms with Gasteiger partial charge in [-0.05, 0) is 6.92 Å². The Balaban J connectivity index is 4.40. The van der Waals surface area contributed by atoms with Gasteiger partial charge in [0.1, 0.15) is 6.10 Å². The molecule has 7 heteroatoms. The average Bonchev–Trinajstić information content (AvgIpc) is 2.55. The highest BCUT2D eigenvalue weighted by atomic mass is 28.4. The zero-order valence-electron chi connectivity index (χ0n) is 16.1. The van der Waals surface area contributed by atoms with E-state index in [1.54, 1.807) is 34.3 Å². The van der Waals surface area contributed by atoms with Crippen molar-refractivity contribution in [2.24, 2.45) is 0 Å². The zero-order chi connectivity index (χ0) is 18.8. The van der Waals surface area contributed by atoms with Crippen molar-refractivity contribution in [3.05, 3.63) is 24.8 Å². The molecule has 1 unspecified atom stereocenters. The van der Waals surface area contributed by atoms with E-state index in [0.29, 0.717) is 5.57 Å². The molecule has 24 heavy (non-hydrogen) atoms. The summed E-state index contributed by atoms with van der Waals surface area (Å²) in [6.07, 6.45) is 3.02. The summed E-state index contributed by atoms with van der Waals surface area (Å²) in [5.74, 6) is -0.374. The Kier molecular flexibility index (Phi) is 10.3. The lowest BCUT2D eigenvalue weighted by molar-refractivity contribution is -0.890. The lowest BCUT2D eigenvalue weighted by Gasteiger charge is -2.32. The standard InChI is InChI=1S/C17H34NO5Si/c1-9-16(23-17(19)15(2)3)11-13-18(4,5)12-10-14-24(20-6,21-7)22-8/h9,16H,1-2,10-14H2,3-8H3/q+1. The van der Waals surface area contributed by atoms with E-state index in [4.69, 9.17) is 18.0 Å². The van der Waals surface area contributed by atoms with Crippen LogP contribution in [0.3, 0.4) is 0 Å². The minimum Gasteiger partial charge on any atom is -0.455 e. The summed E-state index contributed by atoms with van der Waals surface area (Å²) in [4.78, 5) is 11.6. The number of quaternary nitrogens is 1. The number of carbonyl (C=O) groups excluding carboxylic acids is 1. The Morgan fingerprint density at radius 2 is 1.71 bits per heavy atom. The molecule has 0 aromatic rings. The van der Waals surface area contributed by atoms with Crippen molar-refractivity contribution >= 4 is 14.8 Å². The van der Waals surface area contributed by atoms with Crippen LogP contribution in [0.15, 0.2) is 24.8 Å². The molecule has 0 rings (SSSR count). The minimum atomic E-state index is -2.51. The topological polar surface area (TPSA) is 54.0 Å². The third-order valence-electron chi connectivity index (χ3n) is 4.07. The summed E-state index contributed by atoms with van der Waals surface area (Å²) in [5.41, 5.74) is 0.399. The maximum Gasteiger partial charge on any atom is 0.500 e. The van der Waals surface area contributed by atoms with Crippen molar-refractivity contribution < 1.29 is 27.3 Å². The molecule has 0 aromatic carbocycles. The van der Waals surface area contributed by atoms with Gasteiger partial charge in [0.2, 0.25) is 0 Å². The molecular weight excluding hydrogens is 326 g/mol. The molecular formula is C17H34NO5Si+. The molecule has 6 nitrogen and oxygen atoms in total. The van der Waals surface area contributed by atoms with Crippen LogP contribution in [0.5, 0.6) is 0 Å². The van der Waals surface area contributed by atoms with Gasteiger partial charge in [-0.1, -0.05) is 19.2 Å². The van der Waals surface area contributed by atoms with E-state index in [-0.39, 0.29) is 12.1 Å². The predicted molar refractivity (Wildman–Crippen MR) is 97.6 cm³/mol. The number of nitrogens with zero attached hydrogens (tertiary/aromatic N) is 1. The molecule has 0 saturated heterocycles. The van der Waals surface area contributed by atoms with Crippen LogP contribution in [-0.2, 0) is 22.8 Å². The molecule has 0 aliphatic carbocycles. The quantitative estimate of drug-likeness (QED) is 0.166. The first kappa shape index (κ1) is 23.0. The fraction of sp³-hybridized carbons (Fsp3) is 0.706. The van der Waals surface area contributed by atoms with Gasteiger partial charge in [0.15, 0.2) is 0 Å². The first-order chi connectivity index (χ1) is 11.1. The first-order valence-electron chi connectivity index (χ1n) is 8.11. The first-order valence-corrected chi connectivity index (χ1v) is 10.0. The van der Waals surface area contributed by atoms with Crippen molar-refractivity contribution in [1.29, 1.82) is 0 Å². The van der Waals surface area contributed by atoms with Crippen LogP contribution in [0, 0.1) is 0 Å². The van der Waals surface area contributed by atoms with Gasteiger partial charge in [-0.3, -0.25) is 0 Å². The number of esters is 1. The Bertz CT molecular complexity index is 413. The highest BCUT2D eigenvalue weighted by Crippen LogP contribution is 2.17. The smallest absolute Gasteiger partial charge is 0.455 e. The third kappa shape index (κ3) is 8.21. The Morgan fingerprint density at radius 3 is 2.12 bits per heavy atom. The lowest BCUT2D eigenvalue weighted by atomic mass is 10.2. The summed E-state index contributed by atoms with van der Waals surface area (Å²) < 4.78 is 22.5. The molecule has 140 valence electrons. The Labute approximate surface area is 148 Å². The van der Waals surface area contributed by atoms with E-state index in [1.165, 1.54) is 0 Å². The van der Waals surface area contributed by atoms with Crippen molar-refractivity contribution in [1.82, 2.24) is 0 Å². The normalized spacial score (nSPS) is 13.4. The van der Waals surface area contributed by atoms with E-state index >= 15 is 0 Å². The van der Waals surface area contributed by atoms with Gasteiger partial charge in [0.25, 0.3) is 0 Å². The molecule has 0 aliphatic rings. The second-order valence-electron chi connectivity index (χ2n) is 6.53. The monoisotopic (exact) mass is 360 g/mol. The second-order valence-corrected chi connectivity index (χ2v) is 9.62. The highest BCUT2D eigenvalue weighted by Gasteiger charge is 2.37. The lowest BCUT2D eigenvalue weighted by Crippen LogP contribution is -2.46. The largest absolute Gasteiger partial charge is 0.500 e. The van der Waals surface area contributed by atoms with Crippen LogP contribution in [-0.4, -0.2) is 73.9 Å². The number of rotatable bonds is 13. The summed E-state index contributed by atoms with van der Waals surface area (Å²) in [7, 11) is 6.68. The molecule has 0 N–H and O–H groups in total. The van der Waals surface area contributed by atoms with Crippen LogP contribution in [0.4, 0.5) is 0 Å². The van der Waals surface area contributed by atoms with Crippen LogP contribution in [0.2, 0.25) is 6.04 Å². The molecule has 0 fully saturated rings. The van der Waals surface area contributed by atoms with E-state index in [9.17, 15) is 4.79 Å². The molecule has 0 aliphatic heterocycles. The van der Waals surface area contributed by atoms with E-state index in [2.05, 4.69) is 27.3 Å². The van der Waals surface area contributed by atoms with Crippen LogP contribution in [0.25, 0.3) is 0 Å². The molecule has 0 amide bonds. The van der Waals surface area contributed by atoms with E-state index in [0.717, 1.165) is 36.5 Å². The van der Waals surface area contributed by atoms with Crippen LogP contribution in [0.1, 0.15) is 19.8 Å². The van der Waals surface area contributed by atoms with Crippen molar-refractivity contribution in [2.75, 3.05) is 48.5 Å². The van der Waals surface area contributed by atoms with Gasteiger partial charge in [-0.25, -0.2) is 4.79 Å². The van der Waals surface area contributed by atoms with Gasteiger partial charge >= 0.3 is 14.8 Å². The van der Waals surface area contributed by atoms with Crippen molar-refractivity contribution in [2.45, 2.75) is 31.9 Å². The molecule has 0 bridgehead atoms. The van der Waals surface area contributed by atoms with Crippen LogP contribution >= 0.6 is 0 Å². The number of carbonyl (C=O) groups is 1. The van der Waals surface area contributed by atoms with Gasteiger partial charge in [0.05, 0.1) is 27.2 Å². The second kappa shape index (κ2) is 10.8. The molecule has 1 atom stereocenters. The van der Waals surface area contributed by atoms with Crippen molar-refractivity contribution in [3.8, 4) is 0 Å². The summed E-state index contributed by atoms with van der Waals surface area (Å²) in [5, 5.41) is 0. The van der Waals surface area contributed by atoms with E-state index in [1.807, 2.05) is 0 Å². The molecule has 0 heterocycles. The average molecular weight is 361 g/mol. The third-order valence-corrected chi connectivity index (χ3v) is 6.90. The maximum atomic E-state index is 11.6. The Hall–Kier alpha value is -0.993. The van der Waals surface area contributed by atoms with Gasteiger partial charge in [0, 0.05) is 45.8 Å². The maximum absolute atomic E-state index is 11.6. The fourth-order valence-electron chi connectivity index (χ4n) is 2.33. The SMILES string of the molecule is C=CC(CC[N+](C)(C)CCC[Si](OC)(OC)OC)OC(=O)C(=C)C. The molecule has 0 spiro atoms. The minimum absolute atomic E-state index is 0.294. The Morgan fingerprint density at radius 1 is 1.17 bits per heavy atom. The molecule has 0 saturated carbocycles. The van der Waals surface area contributed by atoms with Crippen molar-refractivity contribution in [3.63, 3.8) is 0 Å². The fourth-order valence-corrected chi connectivity index (χ4v) is 4.03. The molecule has 0 aromatic heterocycles. The zero-order valence-corrected chi connectivity index (χ0v) is 17.1. The number of ether oxygens (including phenoxy) is 1.